The number of rotatable bonds is 2. The van der Waals surface area contributed by atoms with Gasteiger partial charge in [0.05, 0.1) is 0 Å². The number of piperidine rings is 1. The molecule has 1 aliphatic heterocycles. The molecule has 3 heteroatoms. The molecule has 0 spiro atoms. The Morgan fingerprint density at radius 3 is 2.39 bits per heavy atom. The number of carbonyl (C=O) groups excluding carboxylic acids is 1. The molecule has 1 unspecified atom stereocenters. The van der Waals surface area contributed by atoms with Crippen LogP contribution in [-0.2, 0) is 9.53 Å². The molecule has 18 heavy (non-hydrogen) atoms. The van der Waals surface area contributed by atoms with Crippen molar-refractivity contribution in [2.75, 3.05) is 6.54 Å². The maximum absolute atomic E-state index is 12.3. The summed E-state index contributed by atoms with van der Waals surface area (Å²) in [4.78, 5) is 12.3. The van der Waals surface area contributed by atoms with E-state index in [0.29, 0.717) is 0 Å². The van der Waals surface area contributed by atoms with Crippen LogP contribution in [0.3, 0.4) is 0 Å². The molecular formula is C15H27NO2. The lowest BCUT2D eigenvalue weighted by molar-refractivity contribution is -0.156. The summed E-state index contributed by atoms with van der Waals surface area (Å²) in [5.41, 5.74) is 0.0278. The molecule has 2 aliphatic rings. The van der Waals surface area contributed by atoms with Crippen molar-refractivity contribution in [1.29, 1.82) is 0 Å². The van der Waals surface area contributed by atoms with Crippen molar-refractivity contribution in [3.8, 4) is 0 Å². The molecule has 1 aliphatic carbocycles. The third kappa shape index (κ3) is 3.47. The Morgan fingerprint density at radius 2 is 1.78 bits per heavy atom. The summed E-state index contributed by atoms with van der Waals surface area (Å²) in [7, 11) is 0. The van der Waals surface area contributed by atoms with Crippen LogP contribution in [-0.4, -0.2) is 24.7 Å². The molecule has 0 aromatic carbocycles. The van der Waals surface area contributed by atoms with E-state index in [9.17, 15) is 4.79 Å². The van der Waals surface area contributed by atoms with E-state index in [2.05, 4.69) is 19.2 Å². The number of hydrogen-bond donors (Lipinski definition) is 1. The standard InChI is InChI=1S/C15H27NO2/c1-15(2)10-7-11-16-13(15)14(17)18-12-8-5-3-4-6-9-12/h12-13,16H,3-11H2,1-2H3. The summed E-state index contributed by atoms with van der Waals surface area (Å²) >= 11 is 0. The largest absolute Gasteiger partial charge is 0.461 e. The fourth-order valence-electron chi connectivity index (χ4n) is 3.21. The highest BCUT2D eigenvalue weighted by molar-refractivity contribution is 5.77. The van der Waals surface area contributed by atoms with Crippen LogP contribution < -0.4 is 5.32 Å². The van der Waals surface area contributed by atoms with E-state index in [-0.39, 0.29) is 23.5 Å². The van der Waals surface area contributed by atoms with E-state index in [4.69, 9.17) is 4.74 Å². The van der Waals surface area contributed by atoms with Crippen LogP contribution in [0, 0.1) is 5.41 Å². The zero-order valence-electron chi connectivity index (χ0n) is 11.8. The first kappa shape index (κ1) is 13.9. The van der Waals surface area contributed by atoms with E-state index in [1.54, 1.807) is 0 Å². The minimum Gasteiger partial charge on any atom is -0.461 e. The van der Waals surface area contributed by atoms with Crippen LogP contribution in [0.1, 0.15) is 65.2 Å². The van der Waals surface area contributed by atoms with Gasteiger partial charge in [0, 0.05) is 0 Å². The normalized spacial score (nSPS) is 29.6. The van der Waals surface area contributed by atoms with Gasteiger partial charge in [0.1, 0.15) is 12.1 Å². The Labute approximate surface area is 111 Å². The maximum atomic E-state index is 12.3. The van der Waals surface area contributed by atoms with Gasteiger partial charge in [-0.05, 0) is 50.5 Å². The van der Waals surface area contributed by atoms with Crippen molar-refractivity contribution in [2.45, 2.75) is 77.4 Å². The van der Waals surface area contributed by atoms with Crippen LogP contribution in [0.25, 0.3) is 0 Å². The summed E-state index contributed by atoms with van der Waals surface area (Å²) in [6.07, 6.45) is 9.53. The minimum atomic E-state index is -0.116. The Bertz CT molecular complexity index is 280. The predicted molar refractivity (Wildman–Crippen MR) is 72.4 cm³/mol. The molecule has 1 saturated heterocycles. The second-order valence-corrected chi connectivity index (χ2v) is 6.53. The van der Waals surface area contributed by atoms with Gasteiger partial charge in [0.15, 0.2) is 0 Å². The van der Waals surface area contributed by atoms with Gasteiger partial charge in [-0.2, -0.15) is 0 Å². The third-order valence-corrected chi connectivity index (χ3v) is 4.45. The van der Waals surface area contributed by atoms with Crippen molar-refractivity contribution >= 4 is 5.97 Å². The highest BCUT2D eigenvalue weighted by Gasteiger charge is 2.39. The monoisotopic (exact) mass is 253 g/mol. The number of hydrogen-bond acceptors (Lipinski definition) is 3. The van der Waals surface area contributed by atoms with Gasteiger partial charge in [-0.1, -0.05) is 26.7 Å². The van der Waals surface area contributed by atoms with Gasteiger partial charge in [-0.15, -0.1) is 0 Å². The number of nitrogens with one attached hydrogen (secondary N) is 1. The van der Waals surface area contributed by atoms with Crippen molar-refractivity contribution < 1.29 is 9.53 Å². The molecule has 2 rings (SSSR count). The SMILES string of the molecule is CC1(C)CCCNC1C(=O)OC1CCCCCC1. The quantitative estimate of drug-likeness (QED) is 0.607. The second kappa shape index (κ2) is 6.05. The van der Waals surface area contributed by atoms with E-state index in [1.165, 1.54) is 25.7 Å². The highest BCUT2D eigenvalue weighted by Crippen LogP contribution is 2.31. The molecule has 1 N–H and O–H groups in total. The predicted octanol–water partition coefficient (Wildman–Crippen LogP) is 3.03. The topological polar surface area (TPSA) is 38.3 Å². The van der Waals surface area contributed by atoms with Crippen molar-refractivity contribution in [3.05, 3.63) is 0 Å². The smallest absolute Gasteiger partial charge is 0.323 e. The molecule has 0 radical (unpaired) electrons. The molecule has 0 bridgehead atoms. The van der Waals surface area contributed by atoms with Crippen LogP contribution in [0.2, 0.25) is 0 Å². The first-order valence-corrected chi connectivity index (χ1v) is 7.53. The lowest BCUT2D eigenvalue weighted by Crippen LogP contribution is -2.52. The highest BCUT2D eigenvalue weighted by atomic mass is 16.5. The number of ether oxygens (including phenoxy) is 1. The van der Waals surface area contributed by atoms with Crippen LogP contribution in [0.4, 0.5) is 0 Å². The summed E-state index contributed by atoms with van der Waals surface area (Å²) in [6.45, 7) is 5.27. The van der Waals surface area contributed by atoms with Crippen molar-refractivity contribution in [3.63, 3.8) is 0 Å². The van der Waals surface area contributed by atoms with Crippen molar-refractivity contribution in [1.82, 2.24) is 5.32 Å². The van der Waals surface area contributed by atoms with E-state index >= 15 is 0 Å². The van der Waals surface area contributed by atoms with Gasteiger partial charge in [-0.25, -0.2) is 0 Å². The first-order chi connectivity index (χ1) is 8.59. The Hall–Kier alpha value is -0.570. The van der Waals surface area contributed by atoms with Crippen LogP contribution >= 0.6 is 0 Å². The van der Waals surface area contributed by atoms with Gasteiger partial charge in [0.2, 0.25) is 0 Å². The molecule has 0 aromatic rings. The maximum Gasteiger partial charge on any atom is 0.323 e. The fraction of sp³-hybridized carbons (Fsp3) is 0.933. The summed E-state index contributed by atoms with van der Waals surface area (Å²) in [5, 5.41) is 3.34. The molecule has 3 nitrogen and oxygen atoms in total. The zero-order valence-corrected chi connectivity index (χ0v) is 11.8. The summed E-state index contributed by atoms with van der Waals surface area (Å²) in [5.74, 6) is -0.0217. The minimum absolute atomic E-state index is 0.0217. The molecule has 1 heterocycles. The van der Waals surface area contributed by atoms with Gasteiger partial charge in [-0.3, -0.25) is 4.79 Å². The molecule has 104 valence electrons. The molecule has 2 fully saturated rings. The van der Waals surface area contributed by atoms with E-state index < -0.39 is 0 Å². The average Bonchev–Trinajstić information content (AvgIpc) is 2.57. The fourth-order valence-corrected chi connectivity index (χ4v) is 3.21. The molecule has 0 aromatic heterocycles. The van der Waals surface area contributed by atoms with Gasteiger partial charge >= 0.3 is 5.97 Å². The lowest BCUT2D eigenvalue weighted by Gasteiger charge is -2.38. The first-order valence-electron chi connectivity index (χ1n) is 7.53. The molecule has 1 atom stereocenters. The molecule has 0 amide bonds. The Balaban J connectivity index is 1.89. The third-order valence-electron chi connectivity index (χ3n) is 4.45. The van der Waals surface area contributed by atoms with E-state index in [0.717, 1.165) is 32.2 Å². The zero-order chi connectivity index (χ0) is 13.0. The van der Waals surface area contributed by atoms with Crippen LogP contribution in [0.5, 0.6) is 0 Å². The Kier molecular flexibility index (Phi) is 4.66. The Morgan fingerprint density at radius 1 is 1.11 bits per heavy atom. The van der Waals surface area contributed by atoms with Crippen LogP contribution in [0.15, 0.2) is 0 Å². The number of carbonyl (C=O) groups is 1. The summed E-state index contributed by atoms with van der Waals surface area (Å²) < 4.78 is 5.74. The average molecular weight is 253 g/mol. The molecule has 1 saturated carbocycles. The second-order valence-electron chi connectivity index (χ2n) is 6.53. The van der Waals surface area contributed by atoms with Crippen molar-refractivity contribution in [2.24, 2.45) is 5.41 Å². The van der Waals surface area contributed by atoms with E-state index in [1.807, 2.05) is 0 Å². The number of esters is 1. The van der Waals surface area contributed by atoms with Gasteiger partial charge < -0.3 is 10.1 Å². The summed E-state index contributed by atoms with van der Waals surface area (Å²) in [6, 6.07) is -0.116. The molecular weight excluding hydrogens is 226 g/mol. The van der Waals surface area contributed by atoms with Gasteiger partial charge in [0.25, 0.3) is 0 Å². The lowest BCUT2D eigenvalue weighted by atomic mass is 9.77.